The van der Waals surface area contributed by atoms with E-state index in [1.165, 1.54) is 0 Å². The first-order valence-electron chi connectivity index (χ1n) is 4.65. The van der Waals surface area contributed by atoms with E-state index in [1.54, 1.807) is 23.3 Å². The van der Waals surface area contributed by atoms with Gasteiger partial charge in [-0.3, -0.25) is 4.79 Å². The largest absolute Gasteiger partial charge is 0.317 e. The third-order valence-corrected chi connectivity index (χ3v) is 3.44. The van der Waals surface area contributed by atoms with Gasteiger partial charge >= 0.3 is 0 Å². The van der Waals surface area contributed by atoms with Crippen molar-refractivity contribution < 1.29 is 4.79 Å². The van der Waals surface area contributed by atoms with Crippen LogP contribution < -0.4 is 0 Å². The molecule has 78 valence electrons. The third-order valence-electron chi connectivity index (χ3n) is 2.55. The van der Waals surface area contributed by atoms with Crippen molar-refractivity contribution in [1.82, 2.24) is 9.55 Å². The highest BCUT2D eigenvalue weighted by molar-refractivity contribution is 9.09. The predicted octanol–water partition coefficient (Wildman–Crippen LogP) is 2.78. The minimum absolute atomic E-state index is 0.179. The van der Waals surface area contributed by atoms with Crippen LogP contribution in [0.1, 0.15) is 32.1 Å². The fraction of sp³-hybridized carbons (Fsp3) is 0.600. The number of nitrogens with zero attached hydrogens (tertiary/aromatic N) is 2. The maximum absolute atomic E-state index is 12.0. The van der Waals surface area contributed by atoms with Crippen molar-refractivity contribution in [2.45, 2.75) is 32.1 Å². The summed E-state index contributed by atoms with van der Waals surface area (Å²) >= 11 is 3.38. The van der Waals surface area contributed by atoms with Crippen LogP contribution in [0.5, 0.6) is 0 Å². The number of ketones is 1. The molecule has 0 fully saturated rings. The van der Waals surface area contributed by atoms with Crippen LogP contribution in [-0.2, 0) is 4.79 Å². The van der Waals surface area contributed by atoms with Crippen molar-refractivity contribution in [3.05, 3.63) is 18.7 Å². The number of carbonyl (C=O) groups excluding carboxylic acids is 1. The number of alkyl halides is 1. The number of carbonyl (C=O) groups is 1. The summed E-state index contributed by atoms with van der Waals surface area (Å²) in [5.41, 5.74) is -0.293. The fourth-order valence-electron chi connectivity index (χ4n) is 1.04. The van der Waals surface area contributed by atoms with E-state index in [0.717, 1.165) is 6.42 Å². The Morgan fingerprint density at radius 3 is 2.71 bits per heavy atom. The average Bonchev–Trinajstić information content (AvgIpc) is 2.68. The Balaban J connectivity index is 2.81. The molecule has 4 heteroatoms. The van der Waals surface area contributed by atoms with Gasteiger partial charge in [0.25, 0.3) is 0 Å². The molecule has 1 aromatic heterocycles. The van der Waals surface area contributed by atoms with Gasteiger partial charge in [0.2, 0.25) is 0 Å². The zero-order valence-electron chi connectivity index (χ0n) is 8.70. The highest BCUT2D eigenvalue weighted by Gasteiger charge is 2.31. The first kappa shape index (κ1) is 11.4. The molecule has 0 amide bonds. The van der Waals surface area contributed by atoms with Crippen LogP contribution in [0, 0.1) is 5.41 Å². The van der Waals surface area contributed by atoms with Crippen molar-refractivity contribution in [2.24, 2.45) is 5.41 Å². The lowest BCUT2D eigenvalue weighted by molar-refractivity contribution is -0.128. The molecule has 0 saturated carbocycles. The highest BCUT2D eigenvalue weighted by atomic mass is 79.9. The lowest BCUT2D eigenvalue weighted by atomic mass is 9.85. The van der Waals surface area contributed by atoms with E-state index in [1.807, 2.05) is 20.8 Å². The van der Waals surface area contributed by atoms with Crippen molar-refractivity contribution in [1.29, 1.82) is 0 Å². The second-order valence-corrected chi connectivity index (χ2v) is 4.81. The summed E-state index contributed by atoms with van der Waals surface area (Å²) in [4.78, 5) is 15.6. The molecular formula is C10H15BrN2O. The lowest BCUT2D eigenvalue weighted by Gasteiger charge is -2.24. The molecule has 0 saturated heterocycles. The first-order valence-corrected chi connectivity index (χ1v) is 5.56. The van der Waals surface area contributed by atoms with E-state index < -0.39 is 0 Å². The van der Waals surface area contributed by atoms with Gasteiger partial charge in [-0.15, -0.1) is 0 Å². The van der Waals surface area contributed by atoms with Gasteiger partial charge in [-0.1, -0.05) is 36.7 Å². The zero-order chi connectivity index (χ0) is 10.8. The summed E-state index contributed by atoms with van der Waals surface area (Å²) in [5, 5.41) is 0. The molecule has 1 heterocycles. The van der Waals surface area contributed by atoms with Crippen LogP contribution in [0.15, 0.2) is 18.7 Å². The molecule has 0 aliphatic heterocycles. The molecule has 3 nitrogen and oxygen atoms in total. The standard InChI is InChI=1S/C10H15BrN2O/c1-4-10(2,3)8(14)9(11)13-6-5-12-7-13/h5-7,9H,4H2,1-3H3. The third kappa shape index (κ3) is 2.23. The van der Waals surface area contributed by atoms with E-state index in [9.17, 15) is 4.79 Å². The van der Waals surface area contributed by atoms with Gasteiger partial charge in [0, 0.05) is 17.8 Å². The minimum atomic E-state index is -0.306. The van der Waals surface area contributed by atoms with Crippen LogP contribution in [0.25, 0.3) is 0 Å². The Morgan fingerprint density at radius 2 is 2.29 bits per heavy atom. The fourth-order valence-corrected chi connectivity index (χ4v) is 1.90. The summed E-state index contributed by atoms with van der Waals surface area (Å²) in [6, 6.07) is 0. The topological polar surface area (TPSA) is 34.9 Å². The summed E-state index contributed by atoms with van der Waals surface area (Å²) in [6.45, 7) is 5.94. The molecule has 0 aliphatic carbocycles. The maximum Gasteiger partial charge on any atom is 0.172 e. The second-order valence-electron chi connectivity index (χ2n) is 3.95. The predicted molar refractivity (Wildman–Crippen MR) is 59.3 cm³/mol. The molecule has 1 atom stereocenters. The van der Waals surface area contributed by atoms with Crippen LogP contribution in [-0.4, -0.2) is 15.3 Å². The highest BCUT2D eigenvalue weighted by Crippen LogP contribution is 2.30. The van der Waals surface area contributed by atoms with Gasteiger partial charge in [0.1, 0.15) is 4.95 Å². The van der Waals surface area contributed by atoms with Crippen molar-refractivity contribution in [3.63, 3.8) is 0 Å². The molecule has 1 unspecified atom stereocenters. The van der Waals surface area contributed by atoms with Gasteiger partial charge < -0.3 is 4.57 Å². The zero-order valence-corrected chi connectivity index (χ0v) is 10.3. The summed E-state index contributed by atoms with van der Waals surface area (Å²) < 4.78 is 1.76. The van der Waals surface area contributed by atoms with Gasteiger partial charge in [-0.2, -0.15) is 0 Å². The summed E-state index contributed by atoms with van der Waals surface area (Å²) in [6.07, 6.45) is 5.93. The van der Waals surface area contributed by atoms with Gasteiger partial charge in [0.05, 0.1) is 6.33 Å². The van der Waals surface area contributed by atoms with Crippen molar-refractivity contribution >= 4 is 21.7 Å². The Kier molecular flexibility index (Phi) is 3.48. The Morgan fingerprint density at radius 1 is 1.64 bits per heavy atom. The summed E-state index contributed by atoms with van der Waals surface area (Å²) in [5.74, 6) is 0.179. The first-order chi connectivity index (χ1) is 6.49. The molecule has 0 spiro atoms. The van der Waals surface area contributed by atoms with E-state index in [2.05, 4.69) is 20.9 Å². The number of aromatic nitrogens is 2. The molecule has 0 radical (unpaired) electrons. The van der Waals surface area contributed by atoms with E-state index in [4.69, 9.17) is 0 Å². The van der Waals surface area contributed by atoms with Crippen LogP contribution >= 0.6 is 15.9 Å². The summed E-state index contributed by atoms with van der Waals surface area (Å²) in [7, 11) is 0. The van der Waals surface area contributed by atoms with Gasteiger partial charge in [-0.25, -0.2) is 4.98 Å². The lowest BCUT2D eigenvalue weighted by Crippen LogP contribution is -2.28. The van der Waals surface area contributed by atoms with E-state index in [-0.39, 0.29) is 16.1 Å². The average molecular weight is 259 g/mol. The molecule has 1 rings (SSSR count). The molecular weight excluding hydrogens is 244 g/mol. The number of rotatable bonds is 4. The molecule has 0 bridgehead atoms. The molecule has 0 aromatic carbocycles. The normalized spacial score (nSPS) is 14.0. The van der Waals surface area contributed by atoms with Crippen molar-refractivity contribution in [3.8, 4) is 0 Å². The molecule has 0 aliphatic rings. The number of hydrogen-bond donors (Lipinski definition) is 0. The Hall–Kier alpha value is -0.640. The molecule has 14 heavy (non-hydrogen) atoms. The number of Topliss-reactive ketones (excluding diaryl/α,β-unsaturated/α-hetero) is 1. The molecule has 1 aromatic rings. The monoisotopic (exact) mass is 258 g/mol. The van der Waals surface area contributed by atoms with Gasteiger partial charge in [-0.05, 0) is 6.42 Å². The van der Waals surface area contributed by atoms with E-state index >= 15 is 0 Å². The van der Waals surface area contributed by atoms with Crippen LogP contribution in [0.2, 0.25) is 0 Å². The quantitative estimate of drug-likeness (QED) is 0.779. The van der Waals surface area contributed by atoms with E-state index in [0.29, 0.717) is 0 Å². The second kappa shape index (κ2) is 4.26. The van der Waals surface area contributed by atoms with Gasteiger partial charge in [0.15, 0.2) is 5.78 Å². The number of imidazole rings is 1. The molecule has 0 N–H and O–H groups in total. The Bertz CT molecular complexity index is 306. The SMILES string of the molecule is CCC(C)(C)C(=O)C(Br)n1ccnc1. The smallest absolute Gasteiger partial charge is 0.172 e. The van der Waals surface area contributed by atoms with Crippen molar-refractivity contribution in [2.75, 3.05) is 0 Å². The maximum atomic E-state index is 12.0. The Labute approximate surface area is 92.7 Å². The van der Waals surface area contributed by atoms with Crippen LogP contribution in [0.4, 0.5) is 0 Å². The minimum Gasteiger partial charge on any atom is -0.317 e. The number of hydrogen-bond acceptors (Lipinski definition) is 2. The van der Waals surface area contributed by atoms with Crippen LogP contribution in [0.3, 0.4) is 0 Å². The number of halogens is 1.